The maximum atomic E-state index is 12.7. The Kier molecular flexibility index (Phi) is 4.76. The number of nitrogens with zero attached hydrogens (tertiary/aromatic N) is 1. The Morgan fingerprint density at radius 3 is 2.32 bits per heavy atom. The molecule has 0 bridgehead atoms. The van der Waals surface area contributed by atoms with Crippen LogP contribution in [0.1, 0.15) is 31.1 Å². The van der Waals surface area contributed by atoms with Crippen LogP contribution < -0.4 is 10.2 Å². The quantitative estimate of drug-likeness (QED) is 0.440. The first-order valence-electron chi connectivity index (χ1n) is 7.63. The van der Waals surface area contributed by atoms with Gasteiger partial charge < -0.3 is 4.42 Å². The number of rotatable bonds is 3. The van der Waals surface area contributed by atoms with E-state index in [1.807, 2.05) is 34.7 Å². The van der Waals surface area contributed by atoms with E-state index in [0.29, 0.717) is 21.1 Å². The summed E-state index contributed by atoms with van der Waals surface area (Å²) < 4.78 is 6.00. The van der Waals surface area contributed by atoms with E-state index in [-0.39, 0.29) is 5.57 Å². The highest BCUT2D eigenvalue weighted by Crippen LogP contribution is 2.24. The van der Waals surface area contributed by atoms with Gasteiger partial charge in [0.2, 0.25) is 0 Å². The van der Waals surface area contributed by atoms with Gasteiger partial charge >= 0.3 is 6.03 Å². The molecule has 0 spiro atoms. The van der Waals surface area contributed by atoms with Gasteiger partial charge in [-0.25, -0.2) is 9.69 Å². The van der Waals surface area contributed by atoms with E-state index in [4.69, 9.17) is 4.42 Å². The van der Waals surface area contributed by atoms with Crippen molar-refractivity contribution >= 4 is 52.2 Å². The predicted octanol–water partition coefficient (Wildman–Crippen LogP) is 3.67. The van der Waals surface area contributed by atoms with Crippen LogP contribution >= 0.6 is 22.6 Å². The fourth-order valence-electron chi connectivity index (χ4n) is 2.45. The first-order valence-corrected chi connectivity index (χ1v) is 8.71. The van der Waals surface area contributed by atoms with Crippen molar-refractivity contribution in [1.29, 1.82) is 0 Å². The molecule has 4 amide bonds. The number of amides is 4. The molecule has 0 radical (unpaired) electrons. The third-order valence-corrected chi connectivity index (χ3v) is 4.38. The van der Waals surface area contributed by atoms with E-state index >= 15 is 0 Å². The molecule has 2 heterocycles. The monoisotopic (exact) mass is 450 g/mol. The zero-order valence-corrected chi connectivity index (χ0v) is 15.7. The van der Waals surface area contributed by atoms with Gasteiger partial charge in [-0.15, -0.1) is 0 Å². The van der Waals surface area contributed by atoms with Crippen molar-refractivity contribution in [2.45, 2.75) is 19.8 Å². The number of furan rings is 1. The summed E-state index contributed by atoms with van der Waals surface area (Å²) >= 11 is 1.98. The number of hydrogen-bond acceptors (Lipinski definition) is 4. The average molecular weight is 450 g/mol. The van der Waals surface area contributed by atoms with Crippen LogP contribution in [-0.2, 0) is 9.59 Å². The first-order chi connectivity index (χ1) is 11.9. The molecule has 25 heavy (non-hydrogen) atoms. The van der Waals surface area contributed by atoms with Crippen molar-refractivity contribution in [3.8, 4) is 0 Å². The Morgan fingerprint density at radius 1 is 1.08 bits per heavy atom. The Balaban J connectivity index is 1.96. The molecule has 1 aliphatic heterocycles. The molecule has 6 nitrogen and oxygen atoms in total. The summed E-state index contributed by atoms with van der Waals surface area (Å²) in [5, 5.41) is 2.19. The summed E-state index contributed by atoms with van der Waals surface area (Å²) in [4.78, 5) is 37.9. The van der Waals surface area contributed by atoms with Crippen molar-refractivity contribution in [3.05, 3.63) is 57.1 Å². The van der Waals surface area contributed by atoms with E-state index < -0.39 is 17.8 Å². The molecule has 128 valence electrons. The second-order valence-electron chi connectivity index (χ2n) is 5.85. The highest BCUT2D eigenvalue weighted by molar-refractivity contribution is 14.1. The van der Waals surface area contributed by atoms with Crippen molar-refractivity contribution < 1.29 is 18.8 Å². The summed E-state index contributed by atoms with van der Waals surface area (Å²) in [6.07, 6.45) is 1.34. The fourth-order valence-corrected chi connectivity index (χ4v) is 2.88. The van der Waals surface area contributed by atoms with Crippen LogP contribution in [0, 0.1) is 3.77 Å². The summed E-state index contributed by atoms with van der Waals surface area (Å²) in [7, 11) is 0. The van der Waals surface area contributed by atoms with Crippen LogP contribution in [0.5, 0.6) is 0 Å². The zero-order chi connectivity index (χ0) is 18.1. The third kappa shape index (κ3) is 3.51. The Hall–Kier alpha value is -2.42. The number of barbiturate groups is 1. The normalized spacial score (nSPS) is 16.7. The van der Waals surface area contributed by atoms with Crippen LogP contribution in [0.15, 0.2) is 46.4 Å². The molecule has 2 aromatic rings. The minimum Gasteiger partial charge on any atom is -0.451 e. The molecule has 1 fully saturated rings. The standard InChI is InChI=1S/C18H15IN2O4/c1-10(2)11-3-5-12(6-4-11)21-17(23)14(16(22)20-18(21)24)9-13-7-8-15(19)25-13/h3-10H,1-2H3,(H,20,22,24)/b14-9+. The molecule has 3 rings (SSSR count). The second-order valence-corrected chi connectivity index (χ2v) is 6.91. The van der Waals surface area contributed by atoms with Crippen LogP contribution in [-0.4, -0.2) is 17.8 Å². The maximum Gasteiger partial charge on any atom is 0.335 e. The molecule has 1 N–H and O–H groups in total. The summed E-state index contributed by atoms with van der Waals surface area (Å²) in [6.45, 7) is 4.11. The average Bonchev–Trinajstić information content (AvgIpc) is 2.97. The Morgan fingerprint density at radius 2 is 1.76 bits per heavy atom. The first kappa shape index (κ1) is 17.4. The third-order valence-electron chi connectivity index (χ3n) is 3.80. The van der Waals surface area contributed by atoms with Crippen molar-refractivity contribution in [3.63, 3.8) is 0 Å². The molecule has 7 heteroatoms. The van der Waals surface area contributed by atoms with Crippen LogP contribution in [0.4, 0.5) is 10.5 Å². The Labute approximate surface area is 158 Å². The SMILES string of the molecule is CC(C)c1ccc(N2C(=O)NC(=O)/C(=C\c3ccc(I)o3)C2=O)cc1. The fraction of sp³-hybridized carbons (Fsp3) is 0.167. The van der Waals surface area contributed by atoms with Gasteiger partial charge in [0.15, 0.2) is 3.77 Å². The molecular weight excluding hydrogens is 435 g/mol. The number of benzene rings is 1. The van der Waals surface area contributed by atoms with E-state index in [0.717, 1.165) is 10.5 Å². The summed E-state index contributed by atoms with van der Waals surface area (Å²) in [5.41, 5.74) is 1.34. The summed E-state index contributed by atoms with van der Waals surface area (Å²) in [6, 6.07) is 9.69. The maximum absolute atomic E-state index is 12.7. The lowest BCUT2D eigenvalue weighted by molar-refractivity contribution is -0.122. The number of hydrogen-bond donors (Lipinski definition) is 1. The molecular formula is C18H15IN2O4. The second kappa shape index (κ2) is 6.83. The number of nitrogens with one attached hydrogen (secondary N) is 1. The number of carbonyl (C=O) groups is 3. The van der Waals surface area contributed by atoms with Gasteiger partial charge in [0.1, 0.15) is 11.3 Å². The molecule has 0 atom stereocenters. The molecule has 1 aromatic carbocycles. The van der Waals surface area contributed by atoms with Crippen molar-refractivity contribution in [2.75, 3.05) is 4.90 Å². The Bertz CT molecular complexity index is 881. The van der Waals surface area contributed by atoms with E-state index in [1.54, 1.807) is 24.3 Å². The van der Waals surface area contributed by atoms with Gasteiger partial charge in [-0.05, 0) is 64.4 Å². The molecule has 1 aliphatic rings. The lowest BCUT2D eigenvalue weighted by Gasteiger charge is -2.26. The lowest BCUT2D eigenvalue weighted by atomic mass is 10.0. The lowest BCUT2D eigenvalue weighted by Crippen LogP contribution is -2.54. The molecule has 0 aliphatic carbocycles. The van der Waals surface area contributed by atoms with E-state index in [1.165, 1.54) is 6.08 Å². The minimum absolute atomic E-state index is 0.154. The molecule has 0 unspecified atom stereocenters. The highest BCUT2D eigenvalue weighted by Gasteiger charge is 2.37. The highest BCUT2D eigenvalue weighted by atomic mass is 127. The van der Waals surface area contributed by atoms with Gasteiger partial charge in [-0.2, -0.15) is 0 Å². The number of urea groups is 1. The molecule has 0 saturated carbocycles. The van der Waals surface area contributed by atoms with Crippen LogP contribution in [0.25, 0.3) is 6.08 Å². The van der Waals surface area contributed by atoms with E-state index in [2.05, 4.69) is 19.2 Å². The van der Waals surface area contributed by atoms with E-state index in [9.17, 15) is 14.4 Å². The largest absolute Gasteiger partial charge is 0.451 e. The number of carbonyl (C=O) groups excluding carboxylic acids is 3. The van der Waals surface area contributed by atoms with Crippen LogP contribution in [0.3, 0.4) is 0 Å². The number of halogens is 1. The minimum atomic E-state index is -0.765. The number of anilines is 1. The van der Waals surface area contributed by atoms with Crippen molar-refractivity contribution in [2.24, 2.45) is 0 Å². The van der Waals surface area contributed by atoms with Gasteiger partial charge in [0.05, 0.1) is 5.69 Å². The van der Waals surface area contributed by atoms with Gasteiger partial charge in [-0.3, -0.25) is 14.9 Å². The zero-order valence-electron chi connectivity index (χ0n) is 13.6. The van der Waals surface area contributed by atoms with Gasteiger partial charge in [0.25, 0.3) is 11.8 Å². The smallest absolute Gasteiger partial charge is 0.335 e. The summed E-state index contributed by atoms with van der Waals surface area (Å²) in [5.74, 6) is -0.723. The van der Waals surface area contributed by atoms with Gasteiger partial charge in [-0.1, -0.05) is 26.0 Å². The number of imide groups is 2. The molecule has 1 saturated heterocycles. The van der Waals surface area contributed by atoms with Crippen LogP contribution in [0.2, 0.25) is 0 Å². The van der Waals surface area contributed by atoms with Crippen molar-refractivity contribution in [1.82, 2.24) is 5.32 Å². The topological polar surface area (TPSA) is 79.6 Å². The molecule has 1 aromatic heterocycles. The predicted molar refractivity (Wildman–Crippen MR) is 101 cm³/mol. The van der Waals surface area contributed by atoms with Gasteiger partial charge in [0, 0.05) is 0 Å².